The minimum Gasteiger partial charge on any atom is -0.493 e. The van der Waals surface area contributed by atoms with Crippen LogP contribution in [0.3, 0.4) is 0 Å². The van der Waals surface area contributed by atoms with Crippen LogP contribution in [0.2, 0.25) is 0 Å². The van der Waals surface area contributed by atoms with Gasteiger partial charge < -0.3 is 25.8 Å². The molecule has 5 rings (SSSR count). The Balaban J connectivity index is 1.38. The van der Waals surface area contributed by atoms with Crippen molar-refractivity contribution < 1.29 is 13.9 Å². The number of nitrogens with two attached hydrogens (primary N) is 1. The van der Waals surface area contributed by atoms with Gasteiger partial charge in [-0.05, 0) is 59.0 Å². The average molecular weight is 512 g/mol. The van der Waals surface area contributed by atoms with Crippen LogP contribution >= 0.6 is 0 Å². The molecule has 7 nitrogen and oxygen atoms in total. The van der Waals surface area contributed by atoms with Crippen molar-refractivity contribution in [3.05, 3.63) is 108 Å². The number of benzene rings is 3. The van der Waals surface area contributed by atoms with E-state index in [4.69, 9.17) is 20.2 Å². The largest absolute Gasteiger partial charge is 0.493 e. The van der Waals surface area contributed by atoms with E-state index in [-0.39, 0.29) is 5.82 Å². The predicted octanol–water partition coefficient (Wildman–Crippen LogP) is 4.87. The number of guanidine groups is 1. The van der Waals surface area contributed by atoms with Crippen LogP contribution in [-0.4, -0.2) is 31.7 Å². The van der Waals surface area contributed by atoms with Crippen LogP contribution in [0.5, 0.6) is 11.5 Å². The maximum absolute atomic E-state index is 13.4. The Hall–Kier alpha value is -4.43. The molecule has 0 fully saturated rings. The van der Waals surface area contributed by atoms with Crippen molar-refractivity contribution in [2.75, 3.05) is 26.1 Å². The number of hydrogen-bond donors (Lipinski definition) is 3. The molecule has 1 atom stereocenters. The van der Waals surface area contributed by atoms with Crippen LogP contribution in [0.25, 0.3) is 11.1 Å². The Kier molecular flexibility index (Phi) is 7.24. The standard InChI is InChI=1S/C30H30FN5O2/c1-37-26-14-9-20(18-27(26)38-2)19-30(32)25-8-5-16-33-28(25)35-29(36-30)34-17-15-21-6-3-4-7-24(21)22-10-12-23(31)13-11-22/h3-14,16,18H,15,17,19,32H2,1-2H3,(H2,33,34,35,36). The van der Waals surface area contributed by atoms with E-state index in [1.807, 2.05) is 48.5 Å². The summed E-state index contributed by atoms with van der Waals surface area (Å²) in [6.07, 6.45) is 2.90. The molecule has 0 aliphatic carbocycles. The van der Waals surface area contributed by atoms with Crippen molar-refractivity contribution in [2.24, 2.45) is 10.7 Å². The number of hydrogen-bond acceptors (Lipinski definition) is 5. The van der Waals surface area contributed by atoms with Crippen LogP contribution in [-0.2, 0) is 18.5 Å². The molecule has 194 valence electrons. The maximum Gasteiger partial charge on any atom is 0.198 e. The van der Waals surface area contributed by atoms with Gasteiger partial charge in [-0.15, -0.1) is 0 Å². The molecule has 0 bridgehead atoms. The van der Waals surface area contributed by atoms with E-state index in [1.165, 1.54) is 12.1 Å². The predicted molar refractivity (Wildman–Crippen MR) is 148 cm³/mol. The molecule has 0 spiro atoms. The molecule has 38 heavy (non-hydrogen) atoms. The molecule has 1 aromatic heterocycles. The summed E-state index contributed by atoms with van der Waals surface area (Å²) < 4.78 is 24.3. The van der Waals surface area contributed by atoms with Crippen molar-refractivity contribution in [1.29, 1.82) is 0 Å². The molecule has 2 heterocycles. The SMILES string of the molecule is COc1ccc(CC2(N)NC(=NCCc3ccccc3-c3ccc(F)cc3)Nc3ncccc32)cc1OC. The van der Waals surface area contributed by atoms with E-state index in [0.717, 1.165) is 27.8 Å². The van der Waals surface area contributed by atoms with Gasteiger partial charge in [0.25, 0.3) is 0 Å². The van der Waals surface area contributed by atoms with Gasteiger partial charge in [-0.25, -0.2) is 9.37 Å². The normalized spacial score (nSPS) is 17.3. The van der Waals surface area contributed by atoms with Crippen LogP contribution in [0.15, 0.2) is 90.1 Å². The lowest BCUT2D eigenvalue weighted by Crippen LogP contribution is -2.59. The summed E-state index contributed by atoms with van der Waals surface area (Å²) in [7, 11) is 3.22. The van der Waals surface area contributed by atoms with Crippen molar-refractivity contribution in [2.45, 2.75) is 18.5 Å². The lowest BCUT2D eigenvalue weighted by molar-refractivity contribution is 0.352. The molecule has 0 amide bonds. The first kappa shape index (κ1) is 25.2. The first-order chi connectivity index (χ1) is 18.5. The number of nitrogens with zero attached hydrogens (tertiary/aromatic N) is 2. The fraction of sp³-hybridized carbons (Fsp3) is 0.200. The number of rotatable bonds is 8. The number of halogens is 1. The number of aliphatic imine (C=N–C) groups is 1. The van der Waals surface area contributed by atoms with E-state index >= 15 is 0 Å². The second-order valence-electron chi connectivity index (χ2n) is 9.13. The zero-order valence-electron chi connectivity index (χ0n) is 21.4. The van der Waals surface area contributed by atoms with Gasteiger partial charge in [0, 0.05) is 24.7 Å². The Labute approximate surface area is 221 Å². The first-order valence-electron chi connectivity index (χ1n) is 12.4. The molecule has 0 saturated carbocycles. The van der Waals surface area contributed by atoms with E-state index in [9.17, 15) is 4.39 Å². The molecule has 4 aromatic rings. The number of pyridine rings is 1. The number of nitrogens with one attached hydrogen (secondary N) is 2. The molecule has 0 saturated heterocycles. The lowest BCUT2D eigenvalue weighted by Gasteiger charge is -2.38. The third-order valence-electron chi connectivity index (χ3n) is 6.62. The third kappa shape index (κ3) is 5.31. The van der Waals surface area contributed by atoms with Crippen molar-refractivity contribution in [3.8, 4) is 22.6 Å². The summed E-state index contributed by atoms with van der Waals surface area (Å²) in [6.45, 7) is 0.516. The summed E-state index contributed by atoms with van der Waals surface area (Å²) in [4.78, 5) is 9.30. The zero-order valence-corrected chi connectivity index (χ0v) is 21.4. The van der Waals surface area contributed by atoms with Crippen molar-refractivity contribution in [1.82, 2.24) is 10.3 Å². The number of methoxy groups -OCH3 is 2. The minimum atomic E-state index is -0.945. The molecule has 1 unspecified atom stereocenters. The summed E-state index contributed by atoms with van der Waals surface area (Å²) in [6, 6.07) is 24.2. The minimum absolute atomic E-state index is 0.251. The topological polar surface area (TPSA) is 93.8 Å². The van der Waals surface area contributed by atoms with E-state index in [1.54, 1.807) is 32.5 Å². The highest BCUT2D eigenvalue weighted by Gasteiger charge is 2.36. The van der Waals surface area contributed by atoms with E-state index < -0.39 is 5.66 Å². The Morgan fingerprint density at radius 2 is 1.74 bits per heavy atom. The Bertz CT molecular complexity index is 1460. The van der Waals surface area contributed by atoms with Gasteiger partial charge in [-0.2, -0.15) is 0 Å². The molecule has 0 radical (unpaired) electrons. The highest BCUT2D eigenvalue weighted by Crippen LogP contribution is 2.33. The van der Waals surface area contributed by atoms with Crippen LogP contribution < -0.4 is 25.8 Å². The molecular weight excluding hydrogens is 481 g/mol. The quantitative estimate of drug-likeness (QED) is 0.312. The Morgan fingerprint density at radius 3 is 2.53 bits per heavy atom. The highest BCUT2D eigenvalue weighted by atomic mass is 19.1. The molecule has 1 aliphatic heterocycles. The summed E-state index contributed by atoms with van der Waals surface area (Å²) in [5, 5.41) is 6.68. The molecule has 3 aromatic carbocycles. The number of fused-ring (bicyclic) bond motifs is 1. The van der Waals surface area contributed by atoms with Crippen LogP contribution in [0, 0.1) is 5.82 Å². The van der Waals surface area contributed by atoms with Crippen LogP contribution in [0.4, 0.5) is 10.2 Å². The van der Waals surface area contributed by atoms with Gasteiger partial charge in [0.05, 0.1) is 14.2 Å². The number of ether oxygens (including phenoxy) is 2. The average Bonchev–Trinajstić information content (AvgIpc) is 2.94. The summed E-state index contributed by atoms with van der Waals surface area (Å²) >= 11 is 0. The number of aromatic nitrogens is 1. The molecule has 8 heteroatoms. The summed E-state index contributed by atoms with van der Waals surface area (Å²) in [5.74, 6) is 2.27. The fourth-order valence-electron chi connectivity index (χ4n) is 4.76. The highest BCUT2D eigenvalue weighted by molar-refractivity contribution is 5.96. The maximum atomic E-state index is 13.4. The van der Waals surface area contributed by atoms with Crippen LogP contribution in [0.1, 0.15) is 16.7 Å². The van der Waals surface area contributed by atoms with E-state index in [0.29, 0.717) is 42.7 Å². The van der Waals surface area contributed by atoms with Crippen molar-refractivity contribution >= 4 is 11.8 Å². The van der Waals surface area contributed by atoms with Gasteiger partial charge in [-0.1, -0.05) is 48.5 Å². The Morgan fingerprint density at radius 1 is 0.947 bits per heavy atom. The van der Waals surface area contributed by atoms with Gasteiger partial charge in [0.1, 0.15) is 17.3 Å². The lowest BCUT2D eigenvalue weighted by atomic mass is 9.91. The second-order valence-corrected chi connectivity index (χ2v) is 9.13. The fourth-order valence-corrected chi connectivity index (χ4v) is 4.76. The van der Waals surface area contributed by atoms with E-state index in [2.05, 4.69) is 21.7 Å². The first-order valence-corrected chi connectivity index (χ1v) is 12.4. The van der Waals surface area contributed by atoms with Gasteiger partial charge >= 0.3 is 0 Å². The molecule has 1 aliphatic rings. The molecular formula is C30H30FN5O2. The van der Waals surface area contributed by atoms with Gasteiger partial charge in [0.15, 0.2) is 17.5 Å². The molecule has 4 N–H and O–H groups in total. The smallest absolute Gasteiger partial charge is 0.198 e. The summed E-state index contributed by atoms with van der Waals surface area (Å²) in [5.41, 5.74) is 11.0. The zero-order chi connectivity index (χ0) is 26.5. The van der Waals surface area contributed by atoms with Gasteiger partial charge in [-0.3, -0.25) is 4.99 Å². The number of anilines is 1. The second kappa shape index (κ2) is 10.9. The van der Waals surface area contributed by atoms with Crippen molar-refractivity contribution in [3.63, 3.8) is 0 Å². The van der Waals surface area contributed by atoms with Gasteiger partial charge in [0.2, 0.25) is 0 Å². The third-order valence-corrected chi connectivity index (χ3v) is 6.62. The monoisotopic (exact) mass is 511 g/mol.